The molecule has 1 aromatic heterocycles. The van der Waals surface area contributed by atoms with Crippen LogP contribution in [0.3, 0.4) is 0 Å². The van der Waals surface area contributed by atoms with Crippen molar-refractivity contribution in [1.82, 2.24) is 4.74 Å². The van der Waals surface area contributed by atoms with Crippen molar-refractivity contribution in [3.05, 3.63) is 47.3 Å². The summed E-state index contributed by atoms with van der Waals surface area (Å²) >= 11 is 0. The second kappa shape index (κ2) is 5.01. The molecule has 0 saturated heterocycles. The highest BCUT2D eigenvalue weighted by Crippen LogP contribution is 2.19. The summed E-state index contributed by atoms with van der Waals surface area (Å²) in [6.07, 6.45) is 0.500. The molecule has 4 nitrogen and oxygen atoms in total. The van der Waals surface area contributed by atoms with Crippen molar-refractivity contribution in [3.8, 4) is 0 Å². The van der Waals surface area contributed by atoms with E-state index in [-0.39, 0.29) is 6.23 Å². The Hall–Kier alpha value is -1.81. The highest BCUT2D eigenvalue weighted by atomic mass is 16.6. The number of aromatic nitrogens is 1. The van der Waals surface area contributed by atoms with Crippen LogP contribution in [0.4, 0.5) is 0 Å². The molecule has 1 aromatic carbocycles. The van der Waals surface area contributed by atoms with Gasteiger partial charge in [-0.05, 0) is 19.4 Å². The third-order valence-electron chi connectivity index (χ3n) is 2.61. The van der Waals surface area contributed by atoms with Gasteiger partial charge < -0.3 is 9.26 Å². The molecule has 2 rings (SSSR count). The average Bonchev–Trinajstić information content (AvgIpc) is 2.35. The predicted molar refractivity (Wildman–Crippen MR) is 62.8 cm³/mol. The Labute approximate surface area is 99.8 Å². The van der Waals surface area contributed by atoms with Gasteiger partial charge in [-0.3, -0.25) is 4.79 Å². The van der Waals surface area contributed by atoms with Gasteiger partial charge in [-0.15, -0.1) is 0 Å². The van der Waals surface area contributed by atoms with E-state index < -0.39 is 0 Å². The van der Waals surface area contributed by atoms with Gasteiger partial charge in [0.2, 0.25) is 0 Å². The fourth-order valence-electron chi connectivity index (χ4n) is 1.62. The SMILES string of the molecule is Cc1on(C(C)OCc2ccccc2)c1C=O. The van der Waals surface area contributed by atoms with Gasteiger partial charge in [0.05, 0.1) is 6.61 Å². The minimum Gasteiger partial charge on any atom is -0.379 e. The van der Waals surface area contributed by atoms with Crippen molar-refractivity contribution in [2.75, 3.05) is 0 Å². The van der Waals surface area contributed by atoms with E-state index in [1.807, 2.05) is 37.3 Å². The first kappa shape index (κ1) is 11.7. The highest BCUT2D eigenvalue weighted by molar-refractivity contribution is 5.73. The number of hydrogen-bond acceptors (Lipinski definition) is 3. The number of carbonyl (C=O) groups is 1. The van der Waals surface area contributed by atoms with Crippen LogP contribution in [0.1, 0.15) is 35.0 Å². The Kier molecular flexibility index (Phi) is 3.44. The average molecular weight is 233 g/mol. The van der Waals surface area contributed by atoms with Crippen LogP contribution in [-0.4, -0.2) is 11.0 Å². The summed E-state index contributed by atoms with van der Waals surface area (Å²) in [5.41, 5.74) is 1.64. The van der Waals surface area contributed by atoms with Crippen molar-refractivity contribution >= 4 is 6.29 Å². The first-order valence-electron chi connectivity index (χ1n) is 5.51. The number of rotatable bonds is 5. The van der Waals surface area contributed by atoms with E-state index in [4.69, 9.17) is 9.26 Å². The Bertz CT molecular complexity index is 484. The van der Waals surface area contributed by atoms with E-state index >= 15 is 0 Å². The number of nitrogens with zero attached hydrogens (tertiary/aromatic N) is 1. The summed E-state index contributed by atoms with van der Waals surface area (Å²) in [6.45, 7) is 4.09. The fraction of sp³-hybridized carbons (Fsp3) is 0.308. The molecule has 1 atom stereocenters. The molecule has 0 N–H and O–H groups in total. The van der Waals surface area contributed by atoms with Gasteiger partial charge in [0, 0.05) is 0 Å². The van der Waals surface area contributed by atoms with Gasteiger partial charge >= 0.3 is 0 Å². The third kappa shape index (κ3) is 2.47. The predicted octanol–water partition coefficient (Wildman–Crippen LogP) is 2.94. The number of ether oxygens (including phenoxy) is 1. The topological polar surface area (TPSA) is 44.4 Å². The Morgan fingerprint density at radius 1 is 1.41 bits per heavy atom. The smallest absolute Gasteiger partial charge is 0.173 e. The van der Waals surface area contributed by atoms with Gasteiger partial charge in [0.15, 0.2) is 24.0 Å². The minimum atomic E-state index is -0.279. The zero-order valence-electron chi connectivity index (χ0n) is 9.92. The molecule has 1 unspecified atom stereocenters. The van der Waals surface area contributed by atoms with Crippen LogP contribution < -0.4 is 0 Å². The summed E-state index contributed by atoms with van der Waals surface area (Å²) in [6, 6.07) is 9.87. The molecule has 0 spiro atoms. The largest absolute Gasteiger partial charge is 0.379 e. The van der Waals surface area contributed by atoms with Crippen LogP contribution in [0.2, 0.25) is 0 Å². The quantitative estimate of drug-likeness (QED) is 0.746. The number of aryl methyl sites for hydroxylation is 1. The van der Waals surface area contributed by atoms with Crippen molar-refractivity contribution in [2.24, 2.45) is 0 Å². The maximum absolute atomic E-state index is 10.8. The summed E-state index contributed by atoms with van der Waals surface area (Å²) in [7, 11) is 0. The normalized spacial score (nSPS) is 12.6. The molecule has 0 fully saturated rings. The molecular weight excluding hydrogens is 218 g/mol. The first-order chi connectivity index (χ1) is 8.22. The second-order valence-electron chi connectivity index (χ2n) is 3.87. The van der Waals surface area contributed by atoms with Gasteiger partial charge in [0.25, 0.3) is 0 Å². The van der Waals surface area contributed by atoms with Crippen molar-refractivity contribution in [3.63, 3.8) is 0 Å². The summed E-state index contributed by atoms with van der Waals surface area (Å²) in [4.78, 5) is 10.8. The van der Waals surface area contributed by atoms with E-state index in [1.54, 1.807) is 6.92 Å². The fourth-order valence-corrected chi connectivity index (χ4v) is 1.62. The van der Waals surface area contributed by atoms with Gasteiger partial charge in [-0.2, -0.15) is 4.74 Å². The second-order valence-corrected chi connectivity index (χ2v) is 3.87. The zero-order chi connectivity index (χ0) is 12.3. The molecule has 0 bridgehead atoms. The van der Waals surface area contributed by atoms with Crippen LogP contribution in [-0.2, 0) is 11.3 Å². The van der Waals surface area contributed by atoms with Gasteiger partial charge in [0.1, 0.15) is 0 Å². The van der Waals surface area contributed by atoms with E-state index in [1.165, 1.54) is 4.74 Å². The summed E-state index contributed by atoms with van der Waals surface area (Å²) in [5, 5.41) is 0. The molecule has 0 saturated carbocycles. The Morgan fingerprint density at radius 2 is 2.12 bits per heavy atom. The molecule has 0 aliphatic heterocycles. The zero-order valence-corrected chi connectivity index (χ0v) is 9.92. The molecule has 2 aromatic rings. The van der Waals surface area contributed by atoms with Gasteiger partial charge in [-0.25, -0.2) is 0 Å². The molecule has 0 amide bonds. The lowest BCUT2D eigenvalue weighted by Gasteiger charge is -2.21. The monoisotopic (exact) mass is 233 g/mol. The number of benzene rings is 1. The molecule has 17 heavy (non-hydrogen) atoms. The van der Waals surface area contributed by atoms with Gasteiger partial charge in [-0.1, -0.05) is 30.3 Å². The van der Waals surface area contributed by atoms with E-state index in [0.29, 0.717) is 18.1 Å². The summed E-state index contributed by atoms with van der Waals surface area (Å²) in [5.74, 6) is 0.634. The molecule has 90 valence electrons. The molecule has 0 aliphatic rings. The van der Waals surface area contributed by atoms with Crippen LogP contribution >= 0.6 is 0 Å². The molecular formula is C13H15NO3. The lowest BCUT2D eigenvalue weighted by molar-refractivity contribution is -0.0608. The molecule has 4 heteroatoms. The van der Waals surface area contributed by atoms with E-state index in [0.717, 1.165) is 11.8 Å². The molecule has 0 radical (unpaired) electrons. The number of hydrogen-bond donors (Lipinski definition) is 0. The lowest BCUT2D eigenvalue weighted by atomic mass is 10.2. The summed E-state index contributed by atoms with van der Waals surface area (Å²) < 4.78 is 12.3. The Balaban J connectivity index is 1.94. The van der Waals surface area contributed by atoms with Crippen LogP contribution in [0.25, 0.3) is 0 Å². The van der Waals surface area contributed by atoms with Crippen molar-refractivity contribution < 1.29 is 14.1 Å². The van der Waals surface area contributed by atoms with Crippen LogP contribution in [0.15, 0.2) is 34.9 Å². The third-order valence-corrected chi connectivity index (χ3v) is 2.61. The van der Waals surface area contributed by atoms with E-state index in [2.05, 4.69) is 0 Å². The maximum Gasteiger partial charge on any atom is 0.173 e. The molecule has 1 heterocycles. The lowest BCUT2D eigenvalue weighted by Crippen LogP contribution is -2.19. The van der Waals surface area contributed by atoms with E-state index in [9.17, 15) is 4.79 Å². The molecule has 0 aliphatic carbocycles. The van der Waals surface area contributed by atoms with Crippen molar-refractivity contribution in [2.45, 2.75) is 26.7 Å². The van der Waals surface area contributed by atoms with Crippen molar-refractivity contribution in [1.29, 1.82) is 0 Å². The highest BCUT2D eigenvalue weighted by Gasteiger charge is 2.18. The Morgan fingerprint density at radius 3 is 2.71 bits per heavy atom. The maximum atomic E-state index is 10.8. The van der Waals surface area contributed by atoms with Crippen LogP contribution in [0, 0.1) is 6.92 Å². The number of aldehydes is 1. The number of carbonyl (C=O) groups excluding carboxylic acids is 1. The minimum absolute atomic E-state index is 0.279. The first-order valence-corrected chi connectivity index (χ1v) is 5.51. The standard InChI is InChI=1S/C13H15NO3/c1-10-13(8-15)14(17-10)11(2)16-9-12-6-4-3-5-7-12/h3-8,11H,9H2,1-2H3. The van der Waals surface area contributed by atoms with Crippen LogP contribution in [0.5, 0.6) is 0 Å².